The van der Waals surface area contributed by atoms with Gasteiger partial charge in [0.15, 0.2) is 0 Å². The minimum atomic E-state index is -4.63. The first kappa shape index (κ1) is 68.6. The number of aliphatic hydroxyl groups is 1. The van der Waals surface area contributed by atoms with E-state index < -0.39 is 26.6 Å². The summed E-state index contributed by atoms with van der Waals surface area (Å²) in [6, 6.07) is -0.935. The van der Waals surface area contributed by atoms with Gasteiger partial charge in [0.1, 0.15) is 13.2 Å². The first-order valence-electron chi connectivity index (χ1n) is 28.5. The molecule has 0 aromatic carbocycles. The van der Waals surface area contributed by atoms with Crippen LogP contribution in [0.15, 0.2) is 134 Å². The minimum Gasteiger partial charge on any atom is -0.756 e. The van der Waals surface area contributed by atoms with Crippen LogP contribution in [0.3, 0.4) is 0 Å². The average Bonchev–Trinajstić information content (AvgIpc) is 3.34. The summed E-state index contributed by atoms with van der Waals surface area (Å²) in [6.45, 7) is 4.47. The number of phosphoric ester groups is 1. The van der Waals surface area contributed by atoms with Crippen molar-refractivity contribution < 1.29 is 32.9 Å². The van der Waals surface area contributed by atoms with Gasteiger partial charge in [0.05, 0.1) is 39.9 Å². The predicted octanol–water partition coefficient (Wildman–Crippen LogP) is 16.9. The highest BCUT2D eigenvalue weighted by atomic mass is 31.2. The zero-order valence-electron chi connectivity index (χ0n) is 46.6. The van der Waals surface area contributed by atoms with Crippen molar-refractivity contribution in [1.29, 1.82) is 0 Å². The molecule has 0 spiro atoms. The van der Waals surface area contributed by atoms with E-state index in [1.807, 2.05) is 27.2 Å². The molecule has 0 aliphatic heterocycles. The molecule has 0 aliphatic carbocycles. The third kappa shape index (κ3) is 54.4. The van der Waals surface area contributed by atoms with E-state index >= 15 is 0 Å². The summed E-state index contributed by atoms with van der Waals surface area (Å²) in [5.41, 5.74) is 0. The summed E-state index contributed by atoms with van der Waals surface area (Å²) in [5.74, 6) is -0.241. The molecule has 0 fully saturated rings. The van der Waals surface area contributed by atoms with Crippen LogP contribution in [-0.2, 0) is 18.4 Å². The highest BCUT2D eigenvalue weighted by Gasteiger charge is 2.23. The fourth-order valence-electron chi connectivity index (χ4n) is 7.38. The van der Waals surface area contributed by atoms with Crippen LogP contribution in [0.4, 0.5) is 0 Å². The molecule has 3 atom stereocenters. The molecule has 410 valence electrons. The lowest BCUT2D eigenvalue weighted by Crippen LogP contribution is -2.45. The number of nitrogens with zero attached hydrogens (tertiary/aromatic N) is 1. The number of nitrogens with one attached hydrogen (secondary N) is 1. The van der Waals surface area contributed by atoms with Crippen LogP contribution in [-0.4, -0.2) is 68.5 Å². The van der Waals surface area contributed by atoms with Gasteiger partial charge >= 0.3 is 0 Å². The number of amides is 1. The number of rotatable bonds is 50. The van der Waals surface area contributed by atoms with Crippen molar-refractivity contribution in [2.24, 2.45) is 0 Å². The Morgan fingerprint density at radius 2 is 0.861 bits per heavy atom. The Bertz CT molecular complexity index is 1630. The maximum Gasteiger partial charge on any atom is 0.268 e. The van der Waals surface area contributed by atoms with Crippen LogP contribution in [0.2, 0.25) is 0 Å². The molecule has 0 bridgehead atoms. The van der Waals surface area contributed by atoms with E-state index in [1.54, 1.807) is 6.08 Å². The molecular weight excluding hydrogens is 912 g/mol. The molecule has 72 heavy (non-hydrogen) atoms. The lowest BCUT2D eigenvalue weighted by molar-refractivity contribution is -0.870. The lowest BCUT2D eigenvalue weighted by Gasteiger charge is -2.29. The SMILES string of the molecule is CC/C=C\C/C=C\C/C=C\C/C=C\C/C=C\C/C=C\C/C=C\C/C=C\CCCCCCC(=O)NC(COP(=O)([O-])OCC[N+](C)(C)C)C(O)/C=C/CC/C=C/CC/C=C/CCCCCCCCCCCCC. The number of hydrogen-bond acceptors (Lipinski definition) is 6. The van der Waals surface area contributed by atoms with Crippen LogP contribution in [0.1, 0.15) is 206 Å². The summed E-state index contributed by atoms with van der Waals surface area (Å²) < 4.78 is 23.3. The molecular formula is C63H107N2O6P. The van der Waals surface area contributed by atoms with Crippen molar-refractivity contribution in [2.75, 3.05) is 40.9 Å². The number of hydrogen-bond donors (Lipinski definition) is 2. The predicted molar refractivity (Wildman–Crippen MR) is 311 cm³/mol. The molecule has 9 heteroatoms. The second kappa shape index (κ2) is 52.5. The topological polar surface area (TPSA) is 108 Å². The van der Waals surface area contributed by atoms with Gasteiger partial charge in [-0.2, -0.15) is 0 Å². The van der Waals surface area contributed by atoms with Gasteiger partial charge in [0.2, 0.25) is 5.91 Å². The fraction of sp³-hybridized carbons (Fsp3) is 0.635. The second-order valence-corrected chi connectivity index (χ2v) is 21.3. The standard InChI is InChI=1S/C63H107N2O6P/c1-6-8-10-12-14-16-18-20-22-24-26-28-29-30-31-32-33-34-35-37-39-41-43-45-47-49-51-53-55-57-63(67)64-61(60-71-72(68,69)70-59-58-65(3,4)5)62(66)56-54-52-50-48-46-44-42-40-38-36-27-25-23-21-19-17-15-13-11-9-7-2/h8,10,14,16,20,22,26,28,30-31,33-34,37-40,43,45-46,48,54,56,61-62,66H,6-7,9,11-13,15,17-19,21,23-25,27,29,32,35-36,41-42,44,47,49-53,55,57-60H2,1-5H3,(H-,64,67,68,69)/b10-8-,16-14-,22-20-,28-26-,31-30-,34-33-,39-37-,40-38+,45-43-,48-46+,56-54+. The van der Waals surface area contributed by atoms with Crippen molar-refractivity contribution in [1.82, 2.24) is 5.32 Å². The summed E-state index contributed by atoms with van der Waals surface area (Å²) >= 11 is 0. The summed E-state index contributed by atoms with van der Waals surface area (Å²) in [6.07, 6.45) is 79.5. The largest absolute Gasteiger partial charge is 0.756 e. The molecule has 0 aliphatic rings. The maximum atomic E-state index is 13.0. The second-order valence-electron chi connectivity index (χ2n) is 19.9. The van der Waals surface area contributed by atoms with E-state index in [0.717, 1.165) is 103 Å². The number of aliphatic hydroxyl groups excluding tert-OH is 1. The van der Waals surface area contributed by atoms with Crippen LogP contribution in [0, 0.1) is 0 Å². The van der Waals surface area contributed by atoms with Crippen molar-refractivity contribution in [3.8, 4) is 0 Å². The van der Waals surface area contributed by atoms with E-state index in [-0.39, 0.29) is 12.5 Å². The van der Waals surface area contributed by atoms with Crippen LogP contribution < -0.4 is 10.2 Å². The molecule has 8 nitrogen and oxygen atoms in total. The number of carbonyl (C=O) groups excluding carboxylic acids is 1. The number of likely N-dealkylation sites (N-methyl/N-ethyl adjacent to an activating group) is 1. The van der Waals surface area contributed by atoms with Gasteiger partial charge in [-0.3, -0.25) is 9.36 Å². The molecule has 2 N–H and O–H groups in total. The van der Waals surface area contributed by atoms with Crippen molar-refractivity contribution >= 4 is 13.7 Å². The van der Waals surface area contributed by atoms with Gasteiger partial charge in [-0.25, -0.2) is 0 Å². The van der Waals surface area contributed by atoms with E-state index in [0.29, 0.717) is 23.9 Å². The zero-order chi connectivity index (χ0) is 52.7. The Hall–Kier alpha value is -3.36. The Balaban J connectivity index is 4.41. The zero-order valence-corrected chi connectivity index (χ0v) is 47.5. The third-order valence-corrected chi connectivity index (χ3v) is 12.8. The van der Waals surface area contributed by atoms with Gasteiger partial charge in [-0.1, -0.05) is 225 Å². The Labute approximate surface area is 443 Å². The van der Waals surface area contributed by atoms with Crippen LogP contribution >= 0.6 is 7.82 Å². The third-order valence-electron chi connectivity index (χ3n) is 11.8. The Morgan fingerprint density at radius 3 is 1.29 bits per heavy atom. The van der Waals surface area contributed by atoms with E-state index in [4.69, 9.17) is 9.05 Å². The van der Waals surface area contributed by atoms with E-state index in [2.05, 4.69) is 141 Å². The molecule has 0 heterocycles. The highest BCUT2D eigenvalue weighted by Crippen LogP contribution is 2.38. The molecule has 0 saturated heterocycles. The smallest absolute Gasteiger partial charge is 0.268 e. The van der Waals surface area contributed by atoms with Gasteiger partial charge < -0.3 is 28.8 Å². The molecule has 1 amide bonds. The molecule has 0 aromatic rings. The van der Waals surface area contributed by atoms with Crippen molar-refractivity contribution in [3.05, 3.63) is 134 Å². The molecule has 0 aromatic heterocycles. The maximum absolute atomic E-state index is 13.0. The average molecular weight is 1020 g/mol. The number of quaternary nitrogens is 1. The Kier molecular flexibility index (Phi) is 50.1. The highest BCUT2D eigenvalue weighted by molar-refractivity contribution is 7.45. The molecule has 0 rings (SSSR count). The summed E-state index contributed by atoms with van der Waals surface area (Å²) in [7, 11) is 1.19. The number of unbranched alkanes of at least 4 members (excludes halogenated alkanes) is 17. The Morgan fingerprint density at radius 1 is 0.500 bits per heavy atom. The lowest BCUT2D eigenvalue weighted by atomic mass is 10.1. The minimum absolute atomic E-state index is 0.0222. The first-order chi connectivity index (χ1) is 35.0. The van der Waals surface area contributed by atoms with Gasteiger partial charge in [-0.05, 0) is 109 Å². The van der Waals surface area contributed by atoms with E-state index in [9.17, 15) is 19.4 Å². The van der Waals surface area contributed by atoms with Crippen molar-refractivity contribution in [3.63, 3.8) is 0 Å². The molecule has 3 unspecified atom stereocenters. The van der Waals surface area contributed by atoms with Gasteiger partial charge in [0.25, 0.3) is 7.82 Å². The summed E-state index contributed by atoms with van der Waals surface area (Å²) in [4.78, 5) is 25.5. The summed E-state index contributed by atoms with van der Waals surface area (Å²) in [5, 5.41) is 13.8. The molecule has 0 radical (unpaired) electrons. The monoisotopic (exact) mass is 1020 g/mol. The van der Waals surface area contributed by atoms with Crippen LogP contribution in [0.25, 0.3) is 0 Å². The van der Waals surface area contributed by atoms with Crippen molar-refractivity contribution in [2.45, 2.75) is 219 Å². The fourth-order valence-corrected chi connectivity index (χ4v) is 8.10. The van der Waals surface area contributed by atoms with Gasteiger partial charge in [-0.15, -0.1) is 0 Å². The normalized spacial score (nSPS) is 14.9. The van der Waals surface area contributed by atoms with E-state index in [1.165, 1.54) is 77.0 Å². The van der Waals surface area contributed by atoms with Gasteiger partial charge in [0, 0.05) is 6.42 Å². The quantitative estimate of drug-likeness (QED) is 0.0272. The number of carbonyl (C=O) groups is 1. The molecule has 0 saturated carbocycles. The number of allylic oxidation sites excluding steroid dienone is 21. The first-order valence-corrected chi connectivity index (χ1v) is 30.0. The number of phosphoric acid groups is 1. The van der Waals surface area contributed by atoms with Crippen LogP contribution in [0.5, 0.6) is 0 Å².